The number of aromatic nitrogens is 1. The maximum absolute atomic E-state index is 11.5. The van der Waals surface area contributed by atoms with Gasteiger partial charge in [-0.05, 0) is 50.1 Å². The van der Waals surface area contributed by atoms with Gasteiger partial charge in [-0.15, -0.1) is 0 Å². The molecule has 2 heterocycles. The lowest BCUT2D eigenvalue weighted by Crippen LogP contribution is -2.28. The summed E-state index contributed by atoms with van der Waals surface area (Å²) in [6.07, 6.45) is -1.66. The first-order valence-electron chi connectivity index (χ1n) is 10.5. The minimum Gasteiger partial charge on any atom is -0.447 e. The van der Waals surface area contributed by atoms with Gasteiger partial charge in [-0.1, -0.05) is 6.07 Å². The van der Waals surface area contributed by atoms with Crippen molar-refractivity contribution < 1.29 is 20.6 Å². The predicted octanol–water partition coefficient (Wildman–Crippen LogP) is 1.92. The van der Waals surface area contributed by atoms with Gasteiger partial charge >= 0.3 is 6.09 Å². The first-order valence-corrected chi connectivity index (χ1v) is 6.60. The Bertz CT molecular complexity index is 944. The second-order valence-corrected chi connectivity index (χ2v) is 4.93. The minimum atomic E-state index is -2.42. The van der Waals surface area contributed by atoms with Crippen LogP contribution in [-0.2, 0) is 17.5 Å². The molecule has 1 aliphatic heterocycles. The smallest absolute Gasteiger partial charge is 0.407 e. The van der Waals surface area contributed by atoms with E-state index >= 15 is 0 Å². The minimum absolute atomic E-state index is 0.0622. The number of carbonyl (C=O) groups excluding carboxylic acids is 1. The third-order valence-electron chi connectivity index (χ3n) is 3.27. The first-order chi connectivity index (χ1) is 13.3. The average Bonchev–Trinajstić information content (AvgIpc) is 3.10. The fraction of sp³-hybridized carbons (Fsp3) is 0.438. The Balaban J connectivity index is 1.98. The van der Waals surface area contributed by atoms with Crippen LogP contribution in [0, 0.1) is 0 Å². The first kappa shape index (κ1) is 7.31. The summed E-state index contributed by atoms with van der Waals surface area (Å²) in [7, 11) is 1.47. The summed E-state index contributed by atoms with van der Waals surface area (Å²) >= 11 is 0. The third kappa shape index (κ3) is 3.19. The zero-order valence-corrected chi connectivity index (χ0v) is 11.6. The number of cyclic esters (lactones) is 1. The van der Waals surface area contributed by atoms with Gasteiger partial charge in [-0.25, -0.2) is 4.79 Å². The van der Waals surface area contributed by atoms with Gasteiger partial charge in [0.05, 0.1) is 7.39 Å². The van der Waals surface area contributed by atoms with Crippen LogP contribution in [0.25, 0.3) is 10.9 Å². The number of hydrogen-bond acceptors (Lipinski definition) is 3. The SMILES string of the molecule is [2H]N1C(=O)OC[C@]1([2H])C([2H])([2H])c1ccc2c(c1)c(CCN(C)C([2H])([2H])[2H])cn2[2H]. The van der Waals surface area contributed by atoms with Crippen LogP contribution in [0.15, 0.2) is 24.4 Å². The Morgan fingerprint density at radius 1 is 1.67 bits per heavy atom. The van der Waals surface area contributed by atoms with Gasteiger partial charge in [0.15, 0.2) is 2.82 Å². The zero-order valence-electron chi connectivity index (χ0n) is 19.6. The number of nitrogens with zero attached hydrogens (tertiary/aromatic N) is 1. The maximum atomic E-state index is 11.5. The van der Waals surface area contributed by atoms with Crippen LogP contribution in [0.3, 0.4) is 0 Å². The van der Waals surface area contributed by atoms with E-state index in [1.165, 1.54) is 36.3 Å². The van der Waals surface area contributed by atoms with Gasteiger partial charge in [0.25, 0.3) is 0 Å². The standard InChI is InChI=1S/C16H21N3O2/c1-19(2)6-5-12-9-17-15-4-3-11(8-14(12)15)7-13-10-21-16(20)18-13/h3-4,8-9,13,17H,5-7,10H2,1-2H3,(H,18,20)/t13-/m0/s1/i1D3,7D2,13D/hD2. The van der Waals surface area contributed by atoms with E-state index in [1.807, 2.05) is 0 Å². The lowest BCUT2D eigenvalue weighted by atomic mass is 10.0. The van der Waals surface area contributed by atoms with Gasteiger partial charge in [0, 0.05) is 30.5 Å². The molecule has 1 fully saturated rings. The van der Waals surface area contributed by atoms with Crippen molar-refractivity contribution in [1.29, 1.82) is 0 Å². The lowest BCUT2D eigenvalue weighted by Gasteiger charge is -2.09. The molecule has 2 aromatic rings. The fourth-order valence-corrected chi connectivity index (χ4v) is 2.22. The molecule has 1 saturated heterocycles. The molecule has 0 spiro atoms. The van der Waals surface area contributed by atoms with E-state index in [-0.39, 0.29) is 17.4 Å². The number of rotatable bonds is 5. The predicted molar refractivity (Wildman–Crippen MR) is 82.5 cm³/mol. The van der Waals surface area contributed by atoms with E-state index in [0.717, 1.165) is 4.98 Å². The number of hydrogen-bond donors (Lipinski definition) is 2. The molecular formula is C16H21N3O2. The van der Waals surface area contributed by atoms with Crippen molar-refractivity contribution in [2.75, 3.05) is 27.2 Å². The number of nitrogens with one attached hydrogen (secondary N) is 2. The summed E-state index contributed by atoms with van der Waals surface area (Å²) in [6, 6.07) is 2.17. The quantitative estimate of drug-likeness (QED) is 0.886. The van der Waals surface area contributed by atoms with Crippen LogP contribution in [0.1, 0.15) is 19.4 Å². The Morgan fingerprint density at radius 3 is 3.33 bits per heavy atom. The van der Waals surface area contributed by atoms with Gasteiger partial charge in [0.1, 0.15) is 6.61 Å². The lowest BCUT2D eigenvalue weighted by molar-refractivity contribution is 0.177. The molecule has 21 heavy (non-hydrogen) atoms. The van der Waals surface area contributed by atoms with E-state index in [9.17, 15) is 4.79 Å². The number of aromatic amines is 1. The summed E-state index contributed by atoms with van der Waals surface area (Å²) in [5.74, 6) is 0. The topological polar surface area (TPSA) is 57.4 Å². The number of H-pyrrole nitrogens is 1. The molecule has 2 N–H and O–H groups in total. The number of alkyl carbamates (subject to hydrolysis) is 1. The zero-order chi connectivity index (χ0) is 21.8. The van der Waals surface area contributed by atoms with E-state index in [4.69, 9.17) is 11.0 Å². The Labute approximate surface area is 135 Å². The second kappa shape index (κ2) is 5.77. The maximum Gasteiger partial charge on any atom is 0.407 e. The third-order valence-corrected chi connectivity index (χ3v) is 3.27. The summed E-state index contributed by atoms with van der Waals surface area (Å²) in [5.41, 5.74) is 1.22. The summed E-state index contributed by atoms with van der Waals surface area (Å²) < 4.78 is 67.9. The summed E-state index contributed by atoms with van der Waals surface area (Å²) in [4.78, 5) is 13.8. The average molecular weight is 295 g/mol. The van der Waals surface area contributed by atoms with Crippen molar-refractivity contribution in [1.82, 2.24) is 15.2 Å². The highest BCUT2D eigenvalue weighted by molar-refractivity contribution is 5.84. The van der Waals surface area contributed by atoms with Crippen LogP contribution in [-0.4, -0.2) is 49.2 Å². The summed E-state index contributed by atoms with van der Waals surface area (Å²) in [5, 5.41) is 0.740. The summed E-state index contributed by atoms with van der Waals surface area (Å²) in [6.45, 7) is -2.62. The molecule has 1 atom stereocenters. The molecule has 5 heteroatoms. The highest BCUT2D eigenvalue weighted by atomic mass is 16.6. The van der Waals surface area contributed by atoms with Crippen molar-refractivity contribution in [3.8, 4) is 0 Å². The Morgan fingerprint density at radius 2 is 2.57 bits per heavy atom. The van der Waals surface area contributed by atoms with Crippen LogP contribution in [0.2, 0.25) is 2.82 Å². The van der Waals surface area contributed by atoms with Crippen molar-refractivity contribution in [3.63, 3.8) is 0 Å². The van der Waals surface area contributed by atoms with Crippen molar-refractivity contribution in [2.45, 2.75) is 18.8 Å². The van der Waals surface area contributed by atoms with E-state index < -0.39 is 32.1 Å². The Hall–Kier alpha value is -2.01. The van der Waals surface area contributed by atoms with Crippen LogP contribution < -0.4 is 5.31 Å². The van der Waals surface area contributed by atoms with Crippen LogP contribution >= 0.6 is 0 Å². The molecule has 112 valence electrons. The Kier molecular flexibility index (Phi) is 2.01. The van der Waals surface area contributed by atoms with Crippen LogP contribution in [0.5, 0.6) is 0 Å². The van der Waals surface area contributed by atoms with Gasteiger partial charge in [0.2, 0.25) is 0 Å². The van der Waals surface area contributed by atoms with Crippen molar-refractivity contribution in [3.05, 3.63) is 35.5 Å². The molecule has 0 bridgehead atoms. The fourth-order valence-electron chi connectivity index (χ4n) is 2.22. The molecule has 1 aliphatic rings. The molecule has 3 rings (SSSR count). The van der Waals surface area contributed by atoms with E-state index in [2.05, 4.69) is 4.74 Å². The number of carbonyl (C=O) groups is 1. The number of ether oxygens (including phenoxy) is 1. The molecule has 0 unspecified atom stereocenters. The molecular weight excluding hydrogens is 266 g/mol. The highest BCUT2D eigenvalue weighted by Gasteiger charge is 2.22. The van der Waals surface area contributed by atoms with E-state index in [1.54, 1.807) is 0 Å². The van der Waals surface area contributed by atoms with Crippen molar-refractivity contribution in [2.24, 2.45) is 0 Å². The molecule has 0 saturated carbocycles. The normalized spacial score (nSPS) is 29.0. The number of amides is 1. The largest absolute Gasteiger partial charge is 0.447 e. The molecule has 1 aromatic heterocycles. The van der Waals surface area contributed by atoms with Gasteiger partial charge < -0.3 is 19.9 Å². The molecule has 1 aromatic carbocycles. The number of fused-ring (bicyclic) bond motifs is 1. The molecule has 1 amide bonds. The number of likely N-dealkylation sites (N-methyl/N-ethyl adjacent to an activating group) is 1. The highest BCUT2D eigenvalue weighted by Crippen LogP contribution is 2.21. The molecule has 0 radical (unpaired) electrons. The number of benzene rings is 1. The van der Waals surface area contributed by atoms with E-state index in [0.29, 0.717) is 22.9 Å². The van der Waals surface area contributed by atoms with Gasteiger partial charge in [-0.3, -0.25) is 0 Å². The monoisotopic (exact) mass is 295 g/mol. The van der Waals surface area contributed by atoms with Crippen molar-refractivity contribution >= 4 is 17.0 Å². The van der Waals surface area contributed by atoms with Gasteiger partial charge in [-0.2, -0.15) is 0 Å². The van der Waals surface area contributed by atoms with Crippen LogP contribution in [0.4, 0.5) is 4.79 Å². The molecule has 5 nitrogen and oxygen atoms in total. The second-order valence-electron chi connectivity index (χ2n) is 4.93. The molecule has 0 aliphatic carbocycles.